The molecule has 1 N–H and O–H groups in total. The molecule has 134 valence electrons. The summed E-state index contributed by atoms with van der Waals surface area (Å²) in [5.41, 5.74) is 0.138. The van der Waals surface area contributed by atoms with E-state index in [1.165, 1.54) is 32.1 Å². The molecule has 0 radical (unpaired) electrons. The lowest BCUT2D eigenvalue weighted by Crippen LogP contribution is -2.50. The van der Waals surface area contributed by atoms with Crippen LogP contribution in [-0.2, 0) is 4.74 Å². The van der Waals surface area contributed by atoms with Crippen molar-refractivity contribution in [3.63, 3.8) is 0 Å². The van der Waals surface area contributed by atoms with Gasteiger partial charge in [-0.15, -0.1) is 0 Å². The molecule has 0 aromatic rings. The summed E-state index contributed by atoms with van der Waals surface area (Å²) in [5, 5.41) is 3.77. The van der Waals surface area contributed by atoms with Crippen LogP contribution >= 0.6 is 0 Å². The number of nitrogens with one attached hydrogen (secondary N) is 1. The van der Waals surface area contributed by atoms with E-state index in [0.717, 1.165) is 26.1 Å². The highest BCUT2D eigenvalue weighted by molar-refractivity contribution is 5.68. The first-order valence-electron chi connectivity index (χ1n) is 9.46. The summed E-state index contributed by atoms with van der Waals surface area (Å²) in [4.78, 5) is 14.2. The van der Waals surface area contributed by atoms with Gasteiger partial charge in [-0.2, -0.15) is 0 Å². The van der Waals surface area contributed by atoms with Crippen molar-refractivity contribution in [2.24, 2.45) is 11.3 Å². The van der Waals surface area contributed by atoms with E-state index in [0.29, 0.717) is 17.4 Å². The number of ether oxygens (including phenoxy) is 1. The van der Waals surface area contributed by atoms with Gasteiger partial charge in [0.2, 0.25) is 0 Å². The maximum Gasteiger partial charge on any atom is 0.410 e. The molecular formula is C19H36N2O2. The van der Waals surface area contributed by atoms with E-state index in [4.69, 9.17) is 4.74 Å². The highest BCUT2D eigenvalue weighted by Gasteiger charge is 2.36. The van der Waals surface area contributed by atoms with E-state index in [-0.39, 0.29) is 6.09 Å². The minimum Gasteiger partial charge on any atom is -0.444 e. The van der Waals surface area contributed by atoms with Gasteiger partial charge in [0, 0.05) is 25.7 Å². The van der Waals surface area contributed by atoms with Gasteiger partial charge in [-0.1, -0.05) is 13.3 Å². The second kappa shape index (κ2) is 7.42. The van der Waals surface area contributed by atoms with Gasteiger partial charge in [-0.25, -0.2) is 4.79 Å². The molecule has 4 nitrogen and oxygen atoms in total. The molecule has 2 fully saturated rings. The molecule has 1 heterocycles. The number of amides is 1. The van der Waals surface area contributed by atoms with Crippen molar-refractivity contribution in [3.05, 3.63) is 0 Å². The van der Waals surface area contributed by atoms with Crippen molar-refractivity contribution in [1.29, 1.82) is 0 Å². The minimum atomic E-state index is -0.411. The van der Waals surface area contributed by atoms with E-state index in [1.807, 2.05) is 25.7 Å². The predicted octanol–water partition coefficient (Wildman–Crippen LogP) is 4.19. The Labute approximate surface area is 142 Å². The summed E-state index contributed by atoms with van der Waals surface area (Å²) >= 11 is 0. The topological polar surface area (TPSA) is 41.6 Å². The molecule has 1 amide bonds. The van der Waals surface area contributed by atoms with Crippen LogP contribution in [0, 0.1) is 11.3 Å². The lowest BCUT2D eigenvalue weighted by atomic mass is 9.67. The second-order valence-electron chi connectivity index (χ2n) is 8.71. The van der Waals surface area contributed by atoms with Crippen LogP contribution in [0.5, 0.6) is 0 Å². The summed E-state index contributed by atoms with van der Waals surface area (Å²) in [6, 6.07) is 0.462. The zero-order chi connectivity index (χ0) is 17.1. The Bertz CT molecular complexity index is 393. The molecule has 0 bridgehead atoms. The zero-order valence-corrected chi connectivity index (χ0v) is 15.8. The molecule has 0 aromatic carbocycles. The minimum absolute atomic E-state index is 0.154. The number of rotatable bonds is 5. The SMILES string of the molecule is CCC1(CNC(C)C2CCCN(C(=O)OC(C)(C)C)C2)CCC1. The third-order valence-electron chi connectivity index (χ3n) is 5.78. The van der Waals surface area contributed by atoms with Crippen LogP contribution in [0.4, 0.5) is 4.79 Å². The molecule has 1 saturated heterocycles. The molecule has 0 aromatic heterocycles. The van der Waals surface area contributed by atoms with Crippen molar-refractivity contribution in [1.82, 2.24) is 10.2 Å². The lowest BCUT2D eigenvalue weighted by molar-refractivity contribution is 0.0141. The summed E-state index contributed by atoms with van der Waals surface area (Å²) in [7, 11) is 0. The van der Waals surface area contributed by atoms with Crippen LogP contribution in [0.3, 0.4) is 0 Å². The number of piperidine rings is 1. The molecule has 1 aliphatic heterocycles. The Morgan fingerprint density at radius 3 is 2.57 bits per heavy atom. The van der Waals surface area contributed by atoms with Crippen LogP contribution < -0.4 is 5.32 Å². The highest BCUT2D eigenvalue weighted by atomic mass is 16.6. The Balaban J connectivity index is 1.81. The van der Waals surface area contributed by atoms with Crippen LogP contribution in [0.1, 0.15) is 73.1 Å². The Morgan fingerprint density at radius 1 is 1.35 bits per heavy atom. The average Bonchev–Trinajstić information content (AvgIpc) is 2.45. The monoisotopic (exact) mass is 324 g/mol. The molecule has 0 spiro atoms. The fraction of sp³-hybridized carbons (Fsp3) is 0.947. The fourth-order valence-electron chi connectivity index (χ4n) is 3.79. The maximum absolute atomic E-state index is 12.3. The van der Waals surface area contributed by atoms with Gasteiger partial charge < -0.3 is 15.0 Å². The van der Waals surface area contributed by atoms with E-state index in [2.05, 4.69) is 19.2 Å². The molecule has 2 rings (SSSR count). The lowest BCUT2D eigenvalue weighted by Gasteiger charge is -2.43. The second-order valence-corrected chi connectivity index (χ2v) is 8.71. The zero-order valence-electron chi connectivity index (χ0n) is 15.8. The van der Waals surface area contributed by atoms with Crippen molar-refractivity contribution in [3.8, 4) is 0 Å². The van der Waals surface area contributed by atoms with Crippen molar-refractivity contribution in [2.75, 3.05) is 19.6 Å². The van der Waals surface area contributed by atoms with E-state index < -0.39 is 5.60 Å². The van der Waals surface area contributed by atoms with E-state index in [9.17, 15) is 4.79 Å². The Kier molecular flexibility index (Phi) is 5.99. The van der Waals surface area contributed by atoms with Crippen LogP contribution in [0.25, 0.3) is 0 Å². The van der Waals surface area contributed by atoms with Gasteiger partial charge in [0.25, 0.3) is 0 Å². The summed E-state index contributed by atoms with van der Waals surface area (Å²) in [6.07, 6.45) is 7.54. The van der Waals surface area contributed by atoms with Gasteiger partial charge in [-0.05, 0) is 71.1 Å². The number of likely N-dealkylation sites (tertiary alicyclic amines) is 1. The van der Waals surface area contributed by atoms with Gasteiger partial charge in [0.15, 0.2) is 0 Å². The first-order valence-corrected chi connectivity index (χ1v) is 9.46. The fourth-order valence-corrected chi connectivity index (χ4v) is 3.79. The quantitative estimate of drug-likeness (QED) is 0.824. The van der Waals surface area contributed by atoms with Gasteiger partial charge >= 0.3 is 6.09 Å². The number of nitrogens with zero attached hydrogens (tertiary/aromatic N) is 1. The molecule has 23 heavy (non-hydrogen) atoms. The third kappa shape index (κ3) is 5.10. The summed E-state index contributed by atoms with van der Waals surface area (Å²) in [5.74, 6) is 0.533. The molecular weight excluding hydrogens is 288 g/mol. The largest absolute Gasteiger partial charge is 0.444 e. The van der Waals surface area contributed by atoms with Crippen LogP contribution in [0.15, 0.2) is 0 Å². The van der Waals surface area contributed by atoms with Gasteiger partial charge in [-0.3, -0.25) is 0 Å². The van der Waals surface area contributed by atoms with Crippen molar-refractivity contribution in [2.45, 2.75) is 84.8 Å². The third-order valence-corrected chi connectivity index (χ3v) is 5.78. The van der Waals surface area contributed by atoms with E-state index >= 15 is 0 Å². The predicted molar refractivity (Wildman–Crippen MR) is 94.6 cm³/mol. The molecule has 1 aliphatic carbocycles. The van der Waals surface area contributed by atoms with Gasteiger partial charge in [0.05, 0.1) is 0 Å². The normalized spacial score (nSPS) is 25.6. The molecule has 2 atom stereocenters. The number of hydrogen-bond acceptors (Lipinski definition) is 3. The van der Waals surface area contributed by atoms with Crippen LogP contribution in [0.2, 0.25) is 0 Å². The number of hydrogen-bond donors (Lipinski definition) is 1. The Morgan fingerprint density at radius 2 is 2.04 bits per heavy atom. The molecule has 2 unspecified atom stereocenters. The molecule has 4 heteroatoms. The summed E-state index contributed by atoms with van der Waals surface area (Å²) < 4.78 is 5.53. The first kappa shape index (κ1) is 18.6. The van der Waals surface area contributed by atoms with E-state index in [1.54, 1.807) is 0 Å². The molecule has 2 aliphatic rings. The number of carbonyl (C=O) groups is 1. The van der Waals surface area contributed by atoms with Crippen molar-refractivity contribution < 1.29 is 9.53 Å². The highest BCUT2D eigenvalue weighted by Crippen LogP contribution is 2.43. The van der Waals surface area contributed by atoms with Gasteiger partial charge in [0.1, 0.15) is 5.60 Å². The smallest absolute Gasteiger partial charge is 0.410 e. The van der Waals surface area contributed by atoms with Crippen molar-refractivity contribution >= 4 is 6.09 Å². The Hall–Kier alpha value is -0.770. The first-order chi connectivity index (χ1) is 10.7. The standard InChI is InChI=1S/C19H36N2O2/c1-6-19(10-8-11-19)14-20-15(2)16-9-7-12-21(13-16)17(22)23-18(3,4)5/h15-16,20H,6-14H2,1-5H3. The average molecular weight is 325 g/mol. The maximum atomic E-state index is 12.3. The summed E-state index contributed by atoms with van der Waals surface area (Å²) in [6.45, 7) is 13.2. The number of carbonyl (C=O) groups excluding carboxylic acids is 1. The van der Waals surface area contributed by atoms with Crippen LogP contribution in [-0.4, -0.2) is 42.3 Å². The molecule has 1 saturated carbocycles.